The molecule has 4 atom stereocenters. The minimum absolute atomic E-state index is 0.333. The van der Waals surface area contributed by atoms with Crippen LogP contribution in [-0.4, -0.2) is 59.8 Å². The molecule has 102 valence electrons. The van der Waals surface area contributed by atoms with Crippen LogP contribution in [0.1, 0.15) is 6.23 Å². The van der Waals surface area contributed by atoms with Crippen molar-refractivity contribution >= 4 is 23.4 Å². The second-order valence-corrected chi connectivity index (χ2v) is 4.67. The first kappa shape index (κ1) is 12.6. The maximum atomic E-state index is 9.97. The molecule has 0 spiro atoms. The average Bonchev–Trinajstić information content (AvgIpc) is 2.94. The first-order valence-corrected chi connectivity index (χ1v) is 6.07. The van der Waals surface area contributed by atoms with Crippen LogP contribution in [-0.2, 0) is 4.74 Å². The minimum Gasteiger partial charge on any atom is -0.394 e. The summed E-state index contributed by atoms with van der Waals surface area (Å²) in [4.78, 5) is 10.9. The largest absolute Gasteiger partial charge is 0.394 e. The number of aliphatic hydroxyl groups excluding tert-OH is 3. The number of hydrogen-bond acceptors (Lipinski definition) is 7. The number of nitrogens with zero attached hydrogens (tertiary/aromatic N) is 3. The Balaban J connectivity index is 2.06. The number of fused-ring (bicyclic) bond motifs is 1. The van der Waals surface area contributed by atoms with Crippen molar-refractivity contribution in [3.05, 3.63) is 17.3 Å². The molecule has 9 heteroatoms. The van der Waals surface area contributed by atoms with Crippen LogP contribution in [0.2, 0.25) is 0 Å². The van der Waals surface area contributed by atoms with Gasteiger partial charge in [-0.2, -0.15) is 0 Å². The number of hydrogen-bond donors (Lipinski definition) is 4. The van der Waals surface area contributed by atoms with Crippen LogP contribution < -0.4 is 0 Å². The van der Waals surface area contributed by atoms with Gasteiger partial charge in [0.2, 0.25) is 0 Å². The first-order chi connectivity index (χ1) is 9.13. The van der Waals surface area contributed by atoms with E-state index in [1.165, 1.54) is 17.2 Å². The predicted octanol–water partition coefficient (Wildman–Crippen LogP) is -0.900. The lowest BCUT2D eigenvalue weighted by Gasteiger charge is -2.16. The molecule has 1 unspecified atom stereocenters. The third-order valence-corrected chi connectivity index (χ3v) is 3.47. The molecule has 1 aliphatic rings. The lowest BCUT2D eigenvalue weighted by molar-refractivity contribution is -0.0511. The van der Waals surface area contributed by atoms with Crippen molar-refractivity contribution in [1.82, 2.24) is 19.5 Å². The number of nitrogens with one attached hydrogen (secondary N) is 1. The molecule has 2 aromatic heterocycles. The summed E-state index contributed by atoms with van der Waals surface area (Å²) in [6.45, 7) is -0.376. The maximum Gasteiger partial charge on any atom is 0.165 e. The topological polar surface area (TPSA) is 116 Å². The molecule has 0 bridgehead atoms. The van der Waals surface area contributed by atoms with Crippen molar-refractivity contribution in [3.8, 4) is 0 Å². The first-order valence-electron chi connectivity index (χ1n) is 5.66. The zero-order valence-corrected chi connectivity index (χ0v) is 10.5. The Hall–Kier alpha value is -1.39. The third kappa shape index (κ3) is 1.86. The van der Waals surface area contributed by atoms with E-state index in [1.54, 1.807) is 0 Å². The van der Waals surface area contributed by atoms with E-state index in [9.17, 15) is 10.2 Å². The highest BCUT2D eigenvalue weighted by atomic mass is 32.1. The Morgan fingerprint density at radius 1 is 1.37 bits per heavy atom. The molecule has 0 saturated carbocycles. The highest BCUT2D eigenvalue weighted by Crippen LogP contribution is 2.30. The fraction of sp³-hybridized carbons (Fsp3) is 0.500. The SMILES string of the molecule is OC[C@@H]1OC(n2cnc3c(=S)nc[nH]c32)[C@H](O)[C@H]1O. The van der Waals surface area contributed by atoms with E-state index in [4.69, 9.17) is 22.1 Å². The van der Waals surface area contributed by atoms with E-state index in [-0.39, 0.29) is 6.61 Å². The smallest absolute Gasteiger partial charge is 0.165 e. The zero-order valence-electron chi connectivity index (χ0n) is 9.67. The summed E-state index contributed by atoms with van der Waals surface area (Å²) >= 11 is 5.04. The summed E-state index contributed by atoms with van der Waals surface area (Å²) in [5.74, 6) is 0. The second-order valence-electron chi connectivity index (χ2n) is 4.29. The van der Waals surface area contributed by atoms with Crippen LogP contribution in [0.25, 0.3) is 11.2 Å². The standard InChI is InChI=1S/C10H12N4O4S/c15-1-4-6(16)7(17)10(18-4)14-3-13-5-8(14)11-2-12-9(5)19/h2-4,6-7,10,15-17H,1H2,(H,11,12,19)/t4-,6-,7+,10?/m0/s1. The number of aromatic nitrogens is 4. The normalized spacial score (nSPS) is 31.1. The van der Waals surface area contributed by atoms with Crippen molar-refractivity contribution < 1.29 is 20.1 Å². The van der Waals surface area contributed by atoms with E-state index >= 15 is 0 Å². The summed E-state index contributed by atoms with van der Waals surface area (Å²) in [7, 11) is 0. The molecule has 0 radical (unpaired) electrons. The van der Waals surface area contributed by atoms with Gasteiger partial charge in [0.15, 0.2) is 10.9 Å². The van der Waals surface area contributed by atoms with Gasteiger partial charge >= 0.3 is 0 Å². The molecule has 0 amide bonds. The fourth-order valence-corrected chi connectivity index (χ4v) is 2.38. The van der Waals surface area contributed by atoms with Gasteiger partial charge in [-0.05, 0) is 0 Å². The molecule has 19 heavy (non-hydrogen) atoms. The number of imidazole rings is 1. The Bertz CT molecular complexity index is 656. The summed E-state index contributed by atoms with van der Waals surface area (Å²) in [5, 5.41) is 28.8. The van der Waals surface area contributed by atoms with Crippen molar-refractivity contribution in [2.24, 2.45) is 0 Å². The van der Waals surface area contributed by atoms with E-state index in [1.807, 2.05) is 0 Å². The van der Waals surface area contributed by atoms with E-state index in [0.717, 1.165) is 0 Å². The van der Waals surface area contributed by atoms with Crippen molar-refractivity contribution in [3.63, 3.8) is 0 Å². The van der Waals surface area contributed by atoms with Gasteiger partial charge < -0.3 is 25.0 Å². The number of aliphatic hydroxyl groups is 3. The van der Waals surface area contributed by atoms with Crippen LogP contribution in [0.5, 0.6) is 0 Å². The van der Waals surface area contributed by atoms with Crippen LogP contribution in [0, 0.1) is 4.64 Å². The van der Waals surface area contributed by atoms with Crippen LogP contribution in [0.15, 0.2) is 12.7 Å². The van der Waals surface area contributed by atoms with Gasteiger partial charge in [0.05, 0.1) is 19.3 Å². The van der Waals surface area contributed by atoms with Gasteiger partial charge in [0.25, 0.3) is 0 Å². The Labute approximate surface area is 112 Å². The Morgan fingerprint density at radius 3 is 2.84 bits per heavy atom. The molecule has 1 saturated heterocycles. The molecule has 3 rings (SSSR count). The zero-order chi connectivity index (χ0) is 13.6. The fourth-order valence-electron chi connectivity index (χ4n) is 2.18. The molecular weight excluding hydrogens is 272 g/mol. The second kappa shape index (κ2) is 4.62. The van der Waals surface area contributed by atoms with E-state index in [2.05, 4.69) is 15.0 Å². The number of ether oxygens (including phenoxy) is 1. The van der Waals surface area contributed by atoms with Crippen LogP contribution >= 0.6 is 12.2 Å². The monoisotopic (exact) mass is 284 g/mol. The molecule has 2 aromatic rings. The predicted molar refractivity (Wildman–Crippen MR) is 65.7 cm³/mol. The number of aromatic amines is 1. The van der Waals surface area contributed by atoms with Gasteiger partial charge in [-0.3, -0.25) is 4.57 Å². The third-order valence-electron chi connectivity index (χ3n) is 3.17. The highest BCUT2D eigenvalue weighted by molar-refractivity contribution is 7.71. The van der Waals surface area contributed by atoms with Crippen molar-refractivity contribution in [1.29, 1.82) is 0 Å². The van der Waals surface area contributed by atoms with Crippen molar-refractivity contribution in [2.45, 2.75) is 24.5 Å². The molecule has 1 aliphatic heterocycles. The number of H-pyrrole nitrogens is 1. The molecule has 8 nitrogen and oxygen atoms in total. The van der Waals surface area contributed by atoms with E-state index < -0.39 is 24.5 Å². The summed E-state index contributed by atoms with van der Waals surface area (Å²) in [5.41, 5.74) is 1.02. The summed E-state index contributed by atoms with van der Waals surface area (Å²) in [6.07, 6.45) is -1.13. The molecule has 1 fully saturated rings. The lowest BCUT2D eigenvalue weighted by atomic mass is 10.1. The van der Waals surface area contributed by atoms with Crippen molar-refractivity contribution in [2.75, 3.05) is 6.61 Å². The Kier molecular flexibility index (Phi) is 3.07. The molecule has 0 aromatic carbocycles. The molecule has 3 heterocycles. The van der Waals surface area contributed by atoms with Gasteiger partial charge in [-0.25, -0.2) is 9.97 Å². The highest BCUT2D eigenvalue weighted by Gasteiger charge is 2.43. The number of rotatable bonds is 2. The maximum absolute atomic E-state index is 9.97. The van der Waals surface area contributed by atoms with Gasteiger partial charge in [-0.15, -0.1) is 0 Å². The molecule has 0 aliphatic carbocycles. The minimum atomic E-state index is -1.16. The Morgan fingerprint density at radius 2 is 2.16 bits per heavy atom. The summed E-state index contributed by atoms with van der Waals surface area (Å²) in [6, 6.07) is 0. The quantitative estimate of drug-likeness (QED) is 0.528. The van der Waals surface area contributed by atoms with Gasteiger partial charge in [0.1, 0.15) is 29.5 Å². The molecular formula is C10H12N4O4S. The summed E-state index contributed by atoms with van der Waals surface area (Å²) < 4.78 is 7.28. The average molecular weight is 284 g/mol. The lowest BCUT2D eigenvalue weighted by Crippen LogP contribution is -2.33. The van der Waals surface area contributed by atoms with Crippen LogP contribution in [0.4, 0.5) is 0 Å². The van der Waals surface area contributed by atoms with Crippen LogP contribution in [0.3, 0.4) is 0 Å². The van der Waals surface area contributed by atoms with E-state index in [0.29, 0.717) is 15.8 Å². The van der Waals surface area contributed by atoms with Gasteiger partial charge in [0, 0.05) is 0 Å². The van der Waals surface area contributed by atoms with Gasteiger partial charge in [-0.1, -0.05) is 12.2 Å². The molecule has 4 N–H and O–H groups in total.